The van der Waals surface area contributed by atoms with E-state index < -0.39 is 0 Å². The molecule has 1 N–H and O–H groups in total. The number of hydrogen-bond acceptors (Lipinski definition) is 4. The number of methoxy groups -OCH3 is 1. The largest absolute Gasteiger partial charge is 0.493 e. The van der Waals surface area contributed by atoms with Gasteiger partial charge in [-0.05, 0) is 26.0 Å². The van der Waals surface area contributed by atoms with Crippen molar-refractivity contribution < 1.29 is 9.47 Å². The summed E-state index contributed by atoms with van der Waals surface area (Å²) in [6, 6.07) is 3.74. The molecule has 1 fully saturated rings. The van der Waals surface area contributed by atoms with Crippen LogP contribution >= 0.6 is 11.6 Å². The second kappa shape index (κ2) is 7.16. The van der Waals surface area contributed by atoms with Crippen LogP contribution in [-0.4, -0.2) is 44.3 Å². The molecule has 0 aliphatic carbocycles. The first-order chi connectivity index (χ1) is 9.61. The molecule has 0 bridgehead atoms. The second-order valence-corrected chi connectivity index (χ2v) is 5.66. The monoisotopic (exact) mass is 298 g/mol. The van der Waals surface area contributed by atoms with E-state index in [1.54, 1.807) is 7.11 Å². The van der Waals surface area contributed by atoms with Gasteiger partial charge in [0.2, 0.25) is 0 Å². The Morgan fingerprint density at radius 2 is 2.00 bits per heavy atom. The smallest absolute Gasteiger partial charge is 0.167 e. The molecule has 1 heterocycles. The first-order valence-electron chi connectivity index (χ1n) is 7.07. The van der Waals surface area contributed by atoms with Gasteiger partial charge < -0.3 is 14.8 Å². The van der Waals surface area contributed by atoms with Gasteiger partial charge in [-0.3, -0.25) is 4.90 Å². The number of piperazine rings is 1. The summed E-state index contributed by atoms with van der Waals surface area (Å²) in [7, 11) is 1.66. The minimum atomic E-state index is 0.0872. The summed E-state index contributed by atoms with van der Waals surface area (Å²) in [4.78, 5) is 2.38. The molecule has 1 aromatic rings. The SMILES string of the molecule is COc1ccc(Cl)c(CN2CCNCC2)c1OC(C)C. The molecule has 1 aromatic carbocycles. The Bertz CT molecular complexity index is 446. The zero-order valence-electron chi connectivity index (χ0n) is 12.4. The predicted octanol–water partition coefficient (Wildman–Crippen LogP) is 2.54. The van der Waals surface area contributed by atoms with Crippen LogP contribution in [0.15, 0.2) is 12.1 Å². The lowest BCUT2D eigenvalue weighted by molar-refractivity contribution is 0.208. The summed E-state index contributed by atoms with van der Waals surface area (Å²) in [6.45, 7) is 8.89. The van der Waals surface area contributed by atoms with Crippen molar-refractivity contribution >= 4 is 11.6 Å². The van der Waals surface area contributed by atoms with E-state index in [1.807, 2.05) is 26.0 Å². The summed E-state index contributed by atoms with van der Waals surface area (Å²) in [5.41, 5.74) is 1.02. The fraction of sp³-hybridized carbons (Fsp3) is 0.600. The number of ether oxygens (including phenoxy) is 2. The highest BCUT2D eigenvalue weighted by Gasteiger charge is 2.19. The van der Waals surface area contributed by atoms with E-state index in [0.29, 0.717) is 0 Å². The Hall–Kier alpha value is -0.970. The molecule has 1 aliphatic rings. The van der Waals surface area contributed by atoms with Gasteiger partial charge in [0, 0.05) is 43.3 Å². The average molecular weight is 299 g/mol. The van der Waals surface area contributed by atoms with Crippen molar-refractivity contribution in [1.82, 2.24) is 10.2 Å². The molecule has 0 spiro atoms. The maximum absolute atomic E-state index is 6.38. The van der Waals surface area contributed by atoms with Crippen LogP contribution < -0.4 is 14.8 Å². The van der Waals surface area contributed by atoms with Crippen LogP contribution in [0.1, 0.15) is 19.4 Å². The molecule has 1 saturated heterocycles. The summed E-state index contributed by atoms with van der Waals surface area (Å²) in [5, 5.41) is 4.09. The van der Waals surface area contributed by atoms with Crippen LogP contribution in [0.3, 0.4) is 0 Å². The molecule has 0 unspecified atom stereocenters. The van der Waals surface area contributed by atoms with Crippen LogP contribution in [0.25, 0.3) is 0 Å². The van der Waals surface area contributed by atoms with E-state index in [-0.39, 0.29) is 6.10 Å². The lowest BCUT2D eigenvalue weighted by atomic mass is 10.1. The standard InChI is InChI=1S/C15H23ClN2O2/c1-11(2)20-15-12(10-18-8-6-17-7-9-18)13(16)4-5-14(15)19-3/h4-5,11,17H,6-10H2,1-3H3. The van der Waals surface area contributed by atoms with Gasteiger partial charge in [-0.1, -0.05) is 11.6 Å². The van der Waals surface area contributed by atoms with E-state index in [0.717, 1.165) is 54.8 Å². The van der Waals surface area contributed by atoms with Crippen LogP contribution in [0.4, 0.5) is 0 Å². The highest BCUT2D eigenvalue weighted by atomic mass is 35.5. The molecular formula is C15H23ClN2O2. The van der Waals surface area contributed by atoms with Crippen LogP contribution in [0, 0.1) is 0 Å². The van der Waals surface area contributed by atoms with E-state index in [4.69, 9.17) is 21.1 Å². The quantitative estimate of drug-likeness (QED) is 0.906. The van der Waals surface area contributed by atoms with E-state index >= 15 is 0 Å². The first kappa shape index (κ1) is 15.4. The number of rotatable bonds is 5. The summed E-state index contributed by atoms with van der Waals surface area (Å²) < 4.78 is 11.4. The number of hydrogen-bond donors (Lipinski definition) is 1. The van der Waals surface area contributed by atoms with E-state index in [1.165, 1.54) is 0 Å². The van der Waals surface area contributed by atoms with Gasteiger partial charge in [-0.15, -0.1) is 0 Å². The molecule has 0 aromatic heterocycles. The van der Waals surface area contributed by atoms with Crippen molar-refractivity contribution in [1.29, 1.82) is 0 Å². The fourth-order valence-electron chi connectivity index (χ4n) is 2.35. The molecule has 0 saturated carbocycles. The maximum atomic E-state index is 6.38. The Morgan fingerprint density at radius 1 is 1.30 bits per heavy atom. The first-order valence-corrected chi connectivity index (χ1v) is 7.44. The maximum Gasteiger partial charge on any atom is 0.167 e. The normalized spacial score (nSPS) is 16.4. The van der Waals surface area contributed by atoms with Crippen LogP contribution in [0.2, 0.25) is 5.02 Å². The van der Waals surface area contributed by atoms with Gasteiger partial charge in [-0.25, -0.2) is 0 Å². The van der Waals surface area contributed by atoms with Gasteiger partial charge in [0.05, 0.1) is 13.2 Å². The minimum Gasteiger partial charge on any atom is -0.493 e. The molecule has 0 radical (unpaired) electrons. The van der Waals surface area contributed by atoms with E-state index in [9.17, 15) is 0 Å². The van der Waals surface area contributed by atoms with Gasteiger partial charge >= 0.3 is 0 Å². The van der Waals surface area contributed by atoms with Gasteiger partial charge in [0.15, 0.2) is 11.5 Å². The molecule has 0 atom stereocenters. The highest BCUT2D eigenvalue weighted by molar-refractivity contribution is 6.31. The number of benzene rings is 1. The van der Waals surface area contributed by atoms with Gasteiger partial charge in [0.25, 0.3) is 0 Å². The van der Waals surface area contributed by atoms with Crippen molar-refractivity contribution in [2.75, 3.05) is 33.3 Å². The van der Waals surface area contributed by atoms with Gasteiger partial charge in [0.1, 0.15) is 0 Å². The van der Waals surface area contributed by atoms with Crippen molar-refractivity contribution in [3.63, 3.8) is 0 Å². The average Bonchev–Trinajstić information content (AvgIpc) is 2.44. The third-order valence-electron chi connectivity index (χ3n) is 3.33. The lowest BCUT2D eigenvalue weighted by Gasteiger charge is -2.29. The Morgan fingerprint density at radius 3 is 2.60 bits per heavy atom. The molecular weight excluding hydrogens is 276 g/mol. The van der Waals surface area contributed by atoms with Crippen LogP contribution in [0.5, 0.6) is 11.5 Å². The Labute approximate surface area is 126 Å². The molecule has 20 heavy (non-hydrogen) atoms. The number of halogens is 1. The third-order valence-corrected chi connectivity index (χ3v) is 3.69. The van der Waals surface area contributed by atoms with E-state index in [2.05, 4.69) is 10.2 Å². The highest BCUT2D eigenvalue weighted by Crippen LogP contribution is 2.37. The lowest BCUT2D eigenvalue weighted by Crippen LogP contribution is -2.43. The minimum absolute atomic E-state index is 0.0872. The van der Waals surface area contributed by atoms with Crippen LogP contribution in [-0.2, 0) is 6.54 Å². The zero-order valence-corrected chi connectivity index (χ0v) is 13.2. The van der Waals surface area contributed by atoms with Crippen molar-refractivity contribution in [2.24, 2.45) is 0 Å². The molecule has 0 amide bonds. The zero-order chi connectivity index (χ0) is 14.5. The topological polar surface area (TPSA) is 33.7 Å². The Balaban J connectivity index is 2.27. The second-order valence-electron chi connectivity index (χ2n) is 5.25. The van der Waals surface area contributed by atoms with Gasteiger partial charge in [-0.2, -0.15) is 0 Å². The summed E-state index contributed by atoms with van der Waals surface area (Å²) in [6.07, 6.45) is 0.0872. The number of nitrogens with one attached hydrogen (secondary N) is 1. The molecule has 5 heteroatoms. The van der Waals surface area contributed by atoms with Crippen molar-refractivity contribution in [2.45, 2.75) is 26.5 Å². The molecule has 2 rings (SSSR count). The summed E-state index contributed by atoms with van der Waals surface area (Å²) >= 11 is 6.38. The third kappa shape index (κ3) is 3.78. The predicted molar refractivity (Wildman–Crippen MR) is 81.9 cm³/mol. The summed E-state index contributed by atoms with van der Waals surface area (Å²) in [5.74, 6) is 1.52. The molecule has 112 valence electrons. The number of nitrogens with zero attached hydrogens (tertiary/aromatic N) is 1. The molecule has 1 aliphatic heterocycles. The van der Waals surface area contributed by atoms with Crippen molar-refractivity contribution in [3.05, 3.63) is 22.7 Å². The molecule has 4 nitrogen and oxygen atoms in total. The Kier molecular flexibility index (Phi) is 5.52. The fourth-order valence-corrected chi connectivity index (χ4v) is 2.56. The van der Waals surface area contributed by atoms with Crippen molar-refractivity contribution in [3.8, 4) is 11.5 Å².